The Morgan fingerprint density at radius 2 is 2.17 bits per heavy atom. The van der Waals surface area contributed by atoms with E-state index in [9.17, 15) is 0 Å². The lowest BCUT2D eigenvalue weighted by molar-refractivity contribution is 0.151. The maximum absolute atomic E-state index is 4.44. The second kappa shape index (κ2) is 6.69. The van der Waals surface area contributed by atoms with E-state index in [1.54, 1.807) is 0 Å². The van der Waals surface area contributed by atoms with Crippen molar-refractivity contribution in [2.75, 3.05) is 38.7 Å². The van der Waals surface area contributed by atoms with Crippen molar-refractivity contribution >= 4 is 17.7 Å². The summed E-state index contributed by atoms with van der Waals surface area (Å²) in [6.07, 6.45) is 10.4. The Balaban J connectivity index is 1.69. The van der Waals surface area contributed by atoms with Crippen LogP contribution in [0.1, 0.15) is 38.5 Å². The molecule has 1 saturated heterocycles. The quantitative estimate of drug-likeness (QED) is 0.472. The van der Waals surface area contributed by atoms with E-state index in [-0.39, 0.29) is 0 Å². The van der Waals surface area contributed by atoms with E-state index < -0.39 is 0 Å². The number of thioether (sulfide) groups is 1. The monoisotopic (exact) mass is 269 g/mol. The van der Waals surface area contributed by atoms with E-state index in [2.05, 4.69) is 21.5 Å². The smallest absolute Gasteiger partial charge is 0.193 e. The molecule has 0 aromatic heterocycles. The van der Waals surface area contributed by atoms with Crippen LogP contribution in [0.5, 0.6) is 0 Å². The minimum Gasteiger partial charge on any atom is -0.356 e. The highest BCUT2D eigenvalue weighted by Gasteiger charge is 2.43. The second-order valence-corrected chi connectivity index (χ2v) is 6.68. The van der Waals surface area contributed by atoms with Crippen LogP contribution in [0.3, 0.4) is 0 Å². The van der Waals surface area contributed by atoms with Gasteiger partial charge in [0.25, 0.3) is 0 Å². The summed E-state index contributed by atoms with van der Waals surface area (Å²) in [4.78, 5) is 6.90. The van der Waals surface area contributed by atoms with Crippen LogP contribution >= 0.6 is 11.8 Å². The number of aliphatic imine (C=N–C) groups is 1. The summed E-state index contributed by atoms with van der Waals surface area (Å²) >= 11 is 1.93. The standard InChI is InChI=1S/C14H27N3S/c1-15-13(16-9-3-4-11-18-2)17-10-8-14(12-17)6-5-7-14/h3-12H2,1-2H3,(H,15,16). The average molecular weight is 269 g/mol. The zero-order valence-electron chi connectivity index (χ0n) is 11.9. The van der Waals surface area contributed by atoms with Gasteiger partial charge in [-0.15, -0.1) is 0 Å². The number of unbranched alkanes of at least 4 members (excludes halogenated alkanes) is 1. The molecule has 1 aliphatic carbocycles. The van der Waals surface area contributed by atoms with E-state index >= 15 is 0 Å². The van der Waals surface area contributed by atoms with Crippen molar-refractivity contribution in [2.24, 2.45) is 10.4 Å². The van der Waals surface area contributed by atoms with Gasteiger partial charge in [0.05, 0.1) is 0 Å². The van der Waals surface area contributed by atoms with Crippen LogP contribution in [-0.2, 0) is 0 Å². The van der Waals surface area contributed by atoms with Gasteiger partial charge in [0.15, 0.2) is 5.96 Å². The molecule has 1 aliphatic heterocycles. The van der Waals surface area contributed by atoms with Crippen LogP contribution in [0.15, 0.2) is 4.99 Å². The van der Waals surface area contributed by atoms with E-state index in [0.29, 0.717) is 5.41 Å². The predicted octanol–water partition coefficient (Wildman–Crippen LogP) is 2.58. The Hall–Kier alpha value is -0.380. The largest absolute Gasteiger partial charge is 0.356 e. The lowest BCUT2D eigenvalue weighted by Gasteiger charge is -2.38. The van der Waals surface area contributed by atoms with Crippen molar-refractivity contribution in [3.63, 3.8) is 0 Å². The van der Waals surface area contributed by atoms with Gasteiger partial charge in [-0.25, -0.2) is 0 Å². The van der Waals surface area contributed by atoms with Crippen LogP contribution in [0.2, 0.25) is 0 Å². The number of rotatable bonds is 5. The molecule has 3 nitrogen and oxygen atoms in total. The summed E-state index contributed by atoms with van der Waals surface area (Å²) in [5, 5.41) is 3.52. The van der Waals surface area contributed by atoms with E-state index in [4.69, 9.17) is 0 Å². The topological polar surface area (TPSA) is 27.6 Å². The second-order valence-electron chi connectivity index (χ2n) is 5.70. The number of likely N-dealkylation sites (tertiary alicyclic amines) is 1. The average Bonchev–Trinajstić information content (AvgIpc) is 2.79. The van der Waals surface area contributed by atoms with Crippen molar-refractivity contribution in [3.05, 3.63) is 0 Å². The number of nitrogens with one attached hydrogen (secondary N) is 1. The molecule has 0 amide bonds. The molecule has 2 aliphatic rings. The Labute approximate surface area is 116 Å². The molecule has 0 bridgehead atoms. The van der Waals surface area contributed by atoms with Gasteiger partial charge >= 0.3 is 0 Å². The van der Waals surface area contributed by atoms with Gasteiger partial charge < -0.3 is 10.2 Å². The van der Waals surface area contributed by atoms with Crippen LogP contribution < -0.4 is 5.32 Å². The first kappa shape index (κ1) is 14.0. The third kappa shape index (κ3) is 3.34. The van der Waals surface area contributed by atoms with Gasteiger partial charge in [-0.1, -0.05) is 6.42 Å². The van der Waals surface area contributed by atoms with Crippen molar-refractivity contribution in [1.29, 1.82) is 0 Å². The molecule has 0 aromatic rings. The highest BCUT2D eigenvalue weighted by molar-refractivity contribution is 7.98. The summed E-state index contributed by atoms with van der Waals surface area (Å²) in [5.41, 5.74) is 0.663. The molecule has 1 heterocycles. The predicted molar refractivity (Wildman–Crippen MR) is 81.5 cm³/mol. The third-order valence-corrected chi connectivity index (χ3v) is 5.12. The van der Waals surface area contributed by atoms with Gasteiger partial charge in [0, 0.05) is 26.7 Å². The van der Waals surface area contributed by atoms with Crippen LogP contribution in [0.25, 0.3) is 0 Å². The molecule has 1 spiro atoms. The summed E-state index contributed by atoms with van der Waals surface area (Å²) in [5.74, 6) is 2.40. The van der Waals surface area contributed by atoms with Crippen molar-refractivity contribution in [3.8, 4) is 0 Å². The molecular weight excluding hydrogens is 242 g/mol. The number of hydrogen-bond donors (Lipinski definition) is 1. The Morgan fingerprint density at radius 1 is 1.33 bits per heavy atom. The highest BCUT2D eigenvalue weighted by atomic mass is 32.2. The fraction of sp³-hybridized carbons (Fsp3) is 0.929. The zero-order chi connectivity index (χ0) is 12.8. The first-order chi connectivity index (χ1) is 8.79. The third-order valence-electron chi connectivity index (χ3n) is 4.42. The number of nitrogens with zero attached hydrogens (tertiary/aromatic N) is 2. The molecule has 0 atom stereocenters. The van der Waals surface area contributed by atoms with Gasteiger partial charge in [-0.05, 0) is 49.5 Å². The maximum atomic E-state index is 4.44. The summed E-state index contributed by atoms with van der Waals surface area (Å²) in [6.45, 7) is 3.50. The van der Waals surface area contributed by atoms with Gasteiger partial charge in [0.2, 0.25) is 0 Å². The molecule has 0 aromatic carbocycles. The Kier molecular flexibility index (Phi) is 5.22. The molecule has 0 unspecified atom stereocenters. The van der Waals surface area contributed by atoms with E-state index in [0.717, 1.165) is 12.5 Å². The maximum Gasteiger partial charge on any atom is 0.193 e. The van der Waals surface area contributed by atoms with Crippen LogP contribution in [0.4, 0.5) is 0 Å². The van der Waals surface area contributed by atoms with Crippen molar-refractivity contribution in [1.82, 2.24) is 10.2 Å². The first-order valence-corrected chi connectivity index (χ1v) is 8.64. The Bertz CT molecular complexity index is 287. The molecule has 1 N–H and O–H groups in total. The fourth-order valence-electron chi connectivity index (χ4n) is 3.10. The molecular formula is C14H27N3S. The summed E-state index contributed by atoms with van der Waals surface area (Å²) < 4.78 is 0. The van der Waals surface area contributed by atoms with Crippen molar-refractivity contribution < 1.29 is 0 Å². The van der Waals surface area contributed by atoms with Crippen LogP contribution in [0, 0.1) is 5.41 Å². The molecule has 1 saturated carbocycles. The zero-order valence-corrected chi connectivity index (χ0v) is 12.7. The molecule has 0 radical (unpaired) electrons. The van der Waals surface area contributed by atoms with Crippen LogP contribution in [-0.4, -0.2) is 49.6 Å². The van der Waals surface area contributed by atoms with Gasteiger partial charge in [0.1, 0.15) is 0 Å². The van der Waals surface area contributed by atoms with E-state index in [1.165, 1.54) is 57.4 Å². The Morgan fingerprint density at radius 3 is 2.72 bits per heavy atom. The molecule has 18 heavy (non-hydrogen) atoms. The van der Waals surface area contributed by atoms with Gasteiger partial charge in [-0.3, -0.25) is 4.99 Å². The number of guanidine groups is 1. The fourth-order valence-corrected chi connectivity index (χ4v) is 3.60. The minimum absolute atomic E-state index is 0.663. The molecule has 2 rings (SSSR count). The molecule has 2 fully saturated rings. The number of hydrogen-bond acceptors (Lipinski definition) is 2. The lowest BCUT2D eigenvalue weighted by Crippen LogP contribution is -2.42. The van der Waals surface area contributed by atoms with Gasteiger partial charge in [-0.2, -0.15) is 11.8 Å². The molecule has 4 heteroatoms. The van der Waals surface area contributed by atoms with E-state index in [1.807, 2.05) is 18.8 Å². The minimum atomic E-state index is 0.663. The summed E-state index contributed by atoms with van der Waals surface area (Å²) in [6, 6.07) is 0. The SMILES string of the molecule is CN=C(NCCCCSC)N1CCC2(CCC2)C1. The molecule has 104 valence electrons. The lowest BCUT2D eigenvalue weighted by atomic mass is 9.68. The highest BCUT2D eigenvalue weighted by Crippen LogP contribution is 2.47. The normalized spacial score (nSPS) is 22.3. The summed E-state index contributed by atoms with van der Waals surface area (Å²) in [7, 11) is 1.91. The van der Waals surface area contributed by atoms with Crippen molar-refractivity contribution in [2.45, 2.75) is 38.5 Å². The first-order valence-electron chi connectivity index (χ1n) is 7.24.